The highest BCUT2D eigenvalue weighted by Gasteiger charge is 2.21. The van der Waals surface area contributed by atoms with Crippen LogP contribution in [0.25, 0.3) is 11.4 Å². The molecule has 2 heterocycles. The van der Waals surface area contributed by atoms with Crippen molar-refractivity contribution in [1.29, 1.82) is 0 Å². The largest absolute Gasteiger partial charge is 0.260 e. The molecule has 0 aliphatic carbocycles. The molecule has 0 aliphatic heterocycles. The SMILES string of the molecule is Cc1cc(S(=O)N(Cc2ccc(-c3nn[nH]n3)cc2)Cc2ccccn2)c(F)cc1Cl. The molecule has 158 valence electrons. The highest BCUT2D eigenvalue weighted by atomic mass is 35.5. The number of rotatable bonds is 7. The minimum atomic E-state index is -1.77. The third-order valence-corrected chi connectivity index (χ3v) is 6.44. The molecule has 0 saturated heterocycles. The van der Waals surface area contributed by atoms with E-state index < -0.39 is 16.8 Å². The smallest absolute Gasteiger partial charge is 0.204 e. The number of nitrogens with zero attached hydrogens (tertiary/aromatic N) is 5. The lowest BCUT2D eigenvalue weighted by molar-refractivity contribution is 0.426. The summed E-state index contributed by atoms with van der Waals surface area (Å²) in [5.74, 6) is -0.119. The normalized spacial score (nSPS) is 12.3. The quantitative estimate of drug-likeness (QED) is 0.452. The number of benzene rings is 2. The number of hydrogen-bond donors (Lipinski definition) is 1. The lowest BCUT2D eigenvalue weighted by Gasteiger charge is -2.22. The first-order chi connectivity index (χ1) is 15.0. The third kappa shape index (κ3) is 5.01. The Hall–Kier alpha value is -3.01. The molecule has 7 nitrogen and oxygen atoms in total. The van der Waals surface area contributed by atoms with Gasteiger partial charge in [-0.25, -0.2) is 12.9 Å². The average molecular weight is 457 g/mol. The van der Waals surface area contributed by atoms with E-state index in [9.17, 15) is 8.60 Å². The van der Waals surface area contributed by atoms with Crippen LogP contribution in [0.1, 0.15) is 16.8 Å². The van der Waals surface area contributed by atoms with Gasteiger partial charge < -0.3 is 0 Å². The molecule has 2 aromatic carbocycles. The highest BCUT2D eigenvalue weighted by Crippen LogP contribution is 2.25. The lowest BCUT2D eigenvalue weighted by Crippen LogP contribution is -2.26. The van der Waals surface area contributed by atoms with Gasteiger partial charge in [0.05, 0.1) is 17.1 Å². The summed E-state index contributed by atoms with van der Waals surface area (Å²) in [4.78, 5) is 4.40. The zero-order valence-corrected chi connectivity index (χ0v) is 18.1. The minimum absolute atomic E-state index is 0.0845. The number of tetrazole rings is 1. The molecule has 0 aliphatic rings. The number of aryl methyl sites for hydroxylation is 1. The number of nitrogens with one attached hydrogen (secondary N) is 1. The van der Waals surface area contributed by atoms with E-state index in [0.29, 0.717) is 23.0 Å². The van der Waals surface area contributed by atoms with Crippen molar-refractivity contribution in [2.75, 3.05) is 0 Å². The van der Waals surface area contributed by atoms with Crippen LogP contribution >= 0.6 is 11.6 Å². The molecule has 0 bridgehead atoms. The average Bonchev–Trinajstić information content (AvgIpc) is 3.31. The zero-order valence-electron chi connectivity index (χ0n) is 16.5. The first kappa shape index (κ1) is 21.2. The number of aromatic amines is 1. The predicted molar refractivity (Wildman–Crippen MR) is 116 cm³/mol. The predicted octanol–water partition coefficient (Wildman–Crippen LogP) is 4.09. The summed E-state index contributed by atoms with van der Waals surface area (Å²) in [6.45, 7) is 2.35. The molecule has 4 aromatic rings. The Kier molecular flexibility index (Phi) is 6.45. The van der Waals surface area contributed by atoms with E-state index in [4.69, 9.17) is 11.6 Å². The van der Waals surface area contributed by atoms with Crippen LogP contribution < -0.4 is 0 Å². The standard InChI is InChI=1S/C21H18ClFN6OS/c1-14-10-20(19(23)11-18(14)22)31(30)29(13-17-4-2-3-9-24-17)12-15-5-7-16(8-6-15)21-25-27-28-26-21/h2-11H,12-13H2,1H3,(H,25,26,27,28). The maximum Gasteiger partial charge on any atom is 0.204 e. The monoisotopic (exact) mass is 456 g/mol. The second-order valence-electron chi connectivity index (χ2n) is 6.83. The van der Waals surface area contributed by atoms with Crippen LogP contribution in [0, 0.1) is 12.7 Å². The molecule has 0 spiro atoms. The van der Waals surface area contributed by atoms with Crippen molar-refractivity contribution in [2.24, 2.45) is 0 Å². The molecule has 10 heteroatoms. The topological polar surface area (TPSA) is 87.7 Å². The maximum atomic E-state index is 14.6. The Balaban J connectivity index is 1.63. The number of aromatic nitrogens is 5. The molecule has 4 rings (SSSR count). The Morgan fingerprint density at radius 1 is 1.13 bits per heavy atom. The van der Waals surface area contributed by atoms with Crippen LogP contribution in [0.5, 0.6) is 0 Å². The van der Waals surface area contributed by atoms with E-state index in [1.165, 1.54) is 12.1 Å². The van der Waals surface area contributed by atoms with Gasteiger partial charge in [-0.2, -0.15) is 5.21 Å². The van der Waals surface area contributed by atoms with Crippen molar-refractivity contribution in [3.63, 3.8) is 0 Å². The fourth-order valence-electron chi connectivity index (χ4n) is 3.00. The van der Waals surface area contributed by atoms with Gasteiger partial charge in [0.25, 0.3) is 0 Å². The van der Waals surface area contributed by atoms with Crippen molar-refractivity contribution < 1.29 is 8.60 Å². The fraction of sp³-hybridized carbons (Fsp3) is 0.143. The fourth-order valence-corrected chi connectivity index (χ4v) is 4.44. The Morgan fingerprint density at radius 2 is 1.94 bits per heavy atom. The van der Waals surface area contributed by atoms with E-state index in [2.05, 4.69) is 25.6 Å². The molecule has 0 saturated carbocycles. The first-order valence-corrected chi connectivity index (χ1v) is 10.8. The number of H-pyrrole nitrogens is 1. The Morgan fingerprint density at radius 3 is 2.61 bits per heavy atom. The Bertz CT molecular complexity index is 1190. The third-order valence-electron chi connectivity index (χ3n) is 4.62. The molecule has 0 fully saturated rings. The molecule has 0 amide bonds. The minimum Gasteiger partial charge on any atom is -0.260 e. The van der Waals surface area contributed by atoms with Gasteiger partial charge in [-0.3, -0.25) is 4.98 Å². The Labute approximate surface area is 185 Å². The highest BCUT2D eigenvalue weighted by molar-refractivity contribution is 7.82. The van der Waals surface area contributed by atoms with Gasteiger partial charge >= 0.3 is 0 Å². The molecule has 0 radical (unpaired) electrons. The van der Waals surface area contributed by atoms with Crippen LogP contribution in [-0.4, -0.2) is 34.1 Å². The van der Waals surface area contributed by atoms with Crippen LogP contribution in [0.2, 0.25) is 5.02 Å². The van der Waals surface area contributed by atoms with Gasteiger partial charge in [0.1, 0.15) is 16.8 Å². The maximum absolute atomic E-state index is 14.6. The van der Waals surface area contributed by atoms with Crippen LogP contribution in [-0.2, 0) is 24.1 Å². The molecule has 2 aromatic heterocycles. The van der Waals surface area contributed by atoms with Gasteiger partial charge in [0.2, 0.25) is 5.82 Å². The van der Waals surface area contributed by atoms with Crippen LogP contribution in [0.4, 0.5) is 4.39 Å². The van der Waals surface area contributed by atoms with E-state index in [1.807, 2.05) is 42.5 Å². The molecular weight excluding hydrogens is 439 g/mol. The van der Waals surface area contributed by atoms with E-state index in [0.717, 1.165) is 16.8 Å². The van der Waals surface area contributed by atoms with Gasteiger partial charge in [-0.05, 0) is 47.5 Å². The summed E-state index contributed by atoms with van der Waals surface area (Å²) in [6, 6.07) is 15.7. The second-order valence-corrected chi connectivity index (χ2v) is 8.69. The second kappa shape index (κ2) is 9.42. The van der Waals surface area contributed by atoms with Crippen molar-refractivity contribution >= 4 is 22.6 Å². The summed E-state index contributed by atoms with van der Waals surface area (Å²) in [5.41, 5.74) is 3.08. The number of hydrogen-bond acceptors (Lipinski definition) is 5. The van der Waals surface area contributed by atoms with Crippen molar-refractivity contribution in [2.45, 2.75) is 24.9 Å². The summed E-state index contributed by atoms with van der Waals surface area (Å²) >= 11 is 6.01. The van der Waals surface area contributed by atoms with E-state index >= 15 is 0 Å². The summed E-state index contributed by atoms with van der Waals surface area (Å²) in [6.07, 6.45) is 1.67. The van der Waals surface area contributed by atoms with Crippen molar-refractivity contribution in [1.82, 2.24) is 29.9 Å². The van der Waals surface area contributed by atoms with Crippen molar-refractivity contribution in [3.8, 4) is 11.4 Å². The number of pyridine rings is 1. The van der Waals surface area contributed by atoms with Crippen molar-refractivity contribution in [3.05, 3.63) is 88.5 Å². The zero-order chi connectivity index (χ0) is 21.8. The van der Waals surface area contributed by atoms with Gasteiger partial charge in [0, 0.05) is 23.3 Å². The van der Waals surface area contributed by atoms with Gasteiger partial charge in [-0.1, -0.05) is 41.9 Å². The molecule has 1 atom stereocenters. The van der Waals surface area contributed by atoms with Crippen LogP contribution in [0.3, 0.4) is 0 Å². The van der Waals surface area contributed by atoms with Gasteiger partial charge in [-0.15, -0.1) is 10.2 Å². The molecule has 1 N–H and O–H groups in total. The summed E-state index contributed by atoms with van der Waals surface area (Å²) < 4.78 is 29.6. The summed E-state index contributed by atoms with van der Waals surface area (Å²) in [7, 11) is -1.77. The van der Waals surface area contributed by atoms with Crippen LogP contribution in [0.15, 0.2) is 65.7 Å². The van der Waals surface area contributed by atoms with Gasteiger partial charge in [0.15, 0.2) is 0 Å². The lowest BCUT2D eigenvalue weighted by atomic mass is 10.1. The van der Waals surface area contributed by atoms with E-state index in [-0.39, 0.29) is 11.4 Å². The molecule has 1 unspecified atom stereocenters. The molecular formula is C21H18ClFN6OS. The first-order valence-electron chi connectivity index (χ1n) is 9.36. The number of halogens is 2. The summed E-state index contributed by atoms with van der Waals surface area (Å²) in [5, 5.41) is 14.2. The molecule has 31 heavy (non-hydrogen) atoms. The van der Waals surface area contributed by atoms with E-state index in [1.54, 1.807) is 17.4 Å².